The van der Waals surface area contributed by atoms with E-state index < -0.39 is 18.2 Å². The molecule has 0 radical (unpaired) electrons. The Bertz CT molecular complexity index is 305. The van der Waals surface area contributed by atoms with Crippen LogP contribution in [0.1, 0.15) is 84.5 Å². The fraction of sp³-hybridized carbons (Fsp3) is 0.842. The van der Waals surface area contributed by atoms with E-state index in [1.54, 1.807) is 6.08 Å². The third-order valence-electron chi connectivity index (χ3n) is 3.98. The Morgan fingerprint density at radius 3 is 2.13 bits per heavy atom. The highest BCUT2D eigenvalue weighted by atomic mass is 35.5. The lowest BCUT2D eigenvalue weighted by Gasteiger charge is -2.18. The Morgan fingerprint density at radius 2 is 1.61 bits per heavy atom. The van der Waals surface area contributed by atoms with Crippen LogP contribution in [-0.2, 0) is 9.53 Å². The number of allylic oxidation sites excluding steroid dienone is 1. The van der Waals surface area contributed by atoms with Crippen molar-refractivity contribution in [1.82, 2.24) is 0 Å². The van der Waals surface area contributed by atoms with E-state index >= 15 is 0 Å². The van der Waals surface area contributed by atoms with E-state index in [-0.39, 0.29) is 5.88 Å². The summed E-state index contributed by atoms with van der Waals surface area (Å²) in [6.45, 7) is 4.12. The molecule has 4 heteroatoms. The molecule has 1 N–H and O–H groups in total. The number of carbonyl (C=O) groups is 1. The fourth-order valence-corrected chi connectivity index (χ4v) is 2.59. The van der Waals surface area contributed by atoms with Crippen LogP contribution >= 0.6 is 11.6 Å². The lowest BCUT2D eigenvalue weighted by atomic mass is 10.1. The Balaban J connectivity index is 3.62. The number of ether oxygens (including phenoxy) is 1. The normalized spacial score (nSPS) is 14.1. The summed E-state index contributed by atoms with van der Waals surface area (Å²) in [5.74, 6) is -0.657. The Kier molecular flexibility index (Phi) is 15.9. The third-order valence-corrected chi connectivity index (χ3v) is 4.20. The molecule has 0 aromatic carbocycles. The van der Waals surface area contributed by atoms with E-state index in [0.717, 1.165) is 12.8 Å². The van der Waals surface area contributed by atoms with Gasteiger partial charge in [-0.15, -0.1) is 11.6 Å². The van der Waals surface area contributed by atoms with E-state index in [2.05, 4.69) is 6.92 Å². The molecule has 136 valence electrons. The first-order valence-electron chi connectivity index (χ1n) is 9.25. The molecule has 0 heterocycles. The number of carbonyl (C=O) groups excluding carboxylic acids is 1. The third kappa shape index (κ3) is 13.6. The second-order valence-corrected chi connectivity index (χ2v) is 6.37. The standard InChI is InChI=1S/C19H35ClO3/c1-3-5-6-7-8-9-10-11-12-13-14-15-17(21)18(4-2)23-19(22)16-20/h14-15,17-18,21H,3-13,16H2,1-2H3/b15-14+. The molecule has 2 unspecified atom stereocenters. The van der Waals surface area contributed by atoms with Gasteiger partial charge in [0.15, 0.2) is 0 Å². The second-order valence-electron chi connectivity index (χ2n) is 6.11. The van der Waals surface area contributed by atoms with E-state index in [0.29, 0.717) is 6.42 Å². The zero-order chi connectivity index (χ0) is 17.3. The fourth-order valence-electron chi connectivity index (χ4n) is 2.53. The number of unbranched alkanes of at least 4 members (excludes halogenated alkanes) is 9. The zero-order valence-electron chi connectivity index (χ0n) is 14.9. The molecule has 0 rings (SSSR count). The quantitative estimate of drug-likeness (QED) is 0.187. The van der Waals surface area contributed by atoms with Crippen molar-refractivity contribution in [2.45, 2.75) is 96.7 Å². The maximum absolute atomic E-state index is 11.2. The smallest absolute Gasteiger partial charge is 0.321 e. The summed E-state index contributed by atoms with van der Waals surface area (Å²) in [4.78, 5) is 11.2. The van der Waals surface area contributed by atoms with Crippen molar-refractivity contribution in [3.05, 3.63) is 12.2 Å². The molecule has 0 bridgehead atoms. The lowest BCUT2D eigenvalue weighted by molar-refractivity contribution is -0.150. The maximum atomic E-state index is 11.2. The summed E-state index contributed by atoms with van der Waals surface area (Å²) in [6, 6.07) is 0. The van der Waals surface area contributed by atoms with E-state index in [1.165, 1.54) is 51.4 Å². The number of esters is 1. The van der Waals surface area contributed by atoms with E-state index in [9.17, 15) is 9.90 Å². The summed E-state index contributed by atoms with van der Waals surface area (Å²) in [5, 5.41) is 9.99. The van der Waals surface area contributed by atoms with Crippen LogP contribution in [0.4, 0.5) is 0 Å². The van der Waals surface area contributed by atoms with Gasteiger partial charge in [0.25, 0.3) is 0 Å². The molecule has 0 amide bonds. The average molecular weight is 347 g/mol. The average Bonchev–Trinajstić information content (AvgIpc) is 2.56. The van der Waals surface area contributed by atoms with Gasteiger partial charge >= 0.3 is 5.97 Å². The van der Waals surface area contributed by atoms with Crippen LogP contribution in [0.2, 0.25) is 0 Å². The lowest BCUT2D eigenvalue weighted by Crippen LogP contribution is -2.29. The van der Waals surface area contributed by atoms with Gasteiger partial charge in [0.2, 0.25) is 0 Å². The first-order valence-corrected chi connectivity index (χ1v) is 9.79. The van der Waals surface area contributed by atoms with Crippen LogP contribution in [0, 0.1) is 0 Å². The minimum atomic E-state index is -0.745. The van der Waals surface area contributed by atoms with Crippen molar-refractivity contribution in [2.24, 2.45) is 0 Å². The molecule has 0 aromatic rings. The Morgan fingerprint density at radius 1 is 1.04 bits per heavy atom. The van der Waals surface area contributed by atoms with Gasteiger partial charge in [-0.2, -0.15) is 0 Å². The van der Waals surface area contributed by atoms with Crippen LogP contribution in [0.3, 0.4) is 0 Å². The maximum Gasteiger partial charge on any atom is 0.321 e. The van der Waals surface area contributed by atoms with Gasteiger partial charge in [-0.3, -0.25) is 4.79 Å². The van der Waals surface area contributed by atoms with Gasteiger partial charge in [-0.25, -0.2) is 0 Å². The van der Waals surface area contributed by atoms with Gasteiger partial charge in [0.05, 0.1) is 0 Å². The molecule has 0 fully saturated rings. The van der Waals surface area contributed by atoms with Crippen molar-refractivity contribution >= 4 is 17.6 Å². The summed E-state index contributed by atoms with van der Waals surface area (Å²) < 4.78 is 5.09. The van der Waals surface area contributed by atoms with Gasteiger partial charge in [-0.1, -0.05) is 77.4 Å². The summed E-state index contributed by atoms with van der Waals surface area (Å²) in [7, 11) is 0. The molecule has 2 atom stereocenters. The number of aliphatic hydroxyl groups is 1. The predicted molar refractivity (Wildman–Crippen MR) is 97.9 cm³/mol. The first-order chi connectivity index (χ1) is 11.2. The molecule has 0 aromatic heterocycles. The molecule has 0 aliphatic carbocycles. The number of hydrogen-bond acceptors (Lipinski definition) is 3. The number of rotatable bonds is 15. The number of hydrogen-bond donors (Lipinski definition) is 1. The zero-order valence-corrected chi connectivity index (χ0v) is 15.7. The molecular weight excluding hydrogens is 312 g/mol. The summed E-state index contributed by atoms with van der Waals surface area (Å²) in [5.41, 5.74) is 0. The summed E-state index contributed by atoms with van der Waals surface area (Å²) >= 11 is 5.41. The molecule has 3 nitrogen and oxygen atoms in total. The van der Waals surface area contributed by atoms with Gasteiger partial charge in [0, 0.05) is 0 Å². The van der Waals surface area contributed by atoms with E-state index in [1.807, 2.05) is 13.0 Å². The topological polar surface area (TPSA) is 46.5 Å². The highest BCUT2D eigenvalue weighted by molar-refractivity contribution is 6.26. The molecule has 0 spiro atoms. The van der Waals surface area contributed by atoms with Crippen LogP contribution in [0.25, 0.3) is 0 Å². The predicted octanol–water partition coefficient (Wildman–Crippen LogP) is 5.39. The number of halogens is 1. The number of aliphatic hydroxyl groups excluding tert-OH is 1. The first kappa shape index (κ1) is 22.5. The van der Waals surface area contributed by atoms with Gasteiger partial charge in [0.1, 0.15) is 18.1 Å². The molecule has 23 heavy (non-hydrogen) atoms. The van der Waals surface area contributed by atoms with Crippen LogP contribution in [0.5, 0.6) is 0 Å². The summed E-state index contributed by atoms with van der Waals surface area (Å²) in [6.07, 6.45) is 15.8. The monoisotopic (exact) mass is 346 g/mol. The molecule has 0 saturated carbocycles. The van der Waals surface area contributed by atoms with Crippen LogP contribution in [-0.4, -0.2) is 29.2 Å². The van der Waals surface area contributed by atoms with Crippen LogP contribution in [0.15, 0.2) is 12.2 Å². The Labute approximate surface area is 147 Å². The van der Waals surface area contributed by atoms with Crippen molar-refractivity contribution in [3.8, 4) is 0 Å². The molecule has 0 aliphatic rings. The van der Waals surface area contributed by atoms with Crippen molar-refractivity contribution in [1.29, 1.82) is 0 Å². The van der Waals surface area contributed by atoms with Crippen molar-refractivity contribution in [2.75, 3.05) is 5.88 Å². The van der Waals surface area contributed by atoms with Gasteiger partial charge < -0.3 is 9.84 Å². The van der Waals surface area contributed by atoms with E-state index in [4.69, 9.17) is 16.3 Å². The molecular formula is C19H35ClO3. The highest BCUT2D eigenvalue weighted by Crippen LogP contribution is 2.12. The SMILES string of the molecule is CCCCCCCCCCC/C=C/C(O)C(CC)OC(=O)CCl. The molecule has 0 saturated heterocycles. The van der Waals surface area contributed by atoms with Crippen molar-refractivity contribution < 1.29 is 14.6 Å². The van der Waals surface area contributed by atoms with Crippen molar-refractivity contribution in [3.63, 3.8) is 0 Å². The minimum absolute atomic E-state index is 0.175. The Hall–Kier alpha value is -0.540. The minimum Gasteiger partial charge on any atom is -0.458 e. The number of alkyl halides is 1. The molecule has 0 aliphatic heterocycles. The largest absolute Gasteiger partial charge is 0.458 e. The highest BCUT2D eigenvalue weighted by Gasteiger charge is 2.18. The second kappa shape index (κ2) is 16.3. The van der Waals surface area contributed by atoms with Crippen LogP contribution < -0.4 is 0 Å². The van der Waals surface area contributed by atoms with Gasteiger partial charge in [-0.05, 0) is 19.3 Å².